The van der Waals surface area contributed by atoms with Crippen molar-refractivity contribution in [1.82, 2.24) is 4.90 Å². The van der Waals surface area contributed by atoms with Crippen LogP contribution in [0.1, 0.15) is 38.7 Å². The summed E-state index contributed by atoms with van der Waals surface area (Å²) in [5, 5.41) is 11.6. The SMILES string of the molecule is CC(C)C(=O)N1CCC(C(=O)Nc2ccc(CCC(=O)O)cc2)CC1. The number of carbonyl (C=O) groups is 3. The van der Waals surface area contributed by atoms with Crippen molar-refractivity contribution in [2.24, 2.45) is 11.8 Å². The second-order valence-corrected chi connectivity index (χ2v) is 6.83. The first-order valence-electron chi connectivity index (χ1n) is 8.77. The maximum Gasteiger partial charge on any atom is 0.303 e. The molecule has 0 radical (unpaired) electrons. The summed E-state index contributed by atoms with van der Waals surface area (Å²) in [6, 6.07) is 7.27. The molecular weight excluding hydrogens is 320 g/mol. The number of aryl methyl sites for hydroxylation is 1. The fraction of sp³-hybridized carbons (Fsp3) is 0.526. The van der Waals surface area contributed by atoms with Gasteiger partial charge in [-0.1, -0.05) is 26.0 Å². The predicted molar refractivity (Wildman–Crippen MR) is 95.2 cm³/mol. The molecule has 0 aromatic heterocycles. The fourth-order valence-electron chi connectivity index (χ4n) is 2.98. The first-order valence-corrected chi connectivity index (χ1v) is 8.77. The molecule has 1 aliphatic heterocycles. The van der Waals surface area contributed by atoms with Crippen LogP contribution in [0.15, 0.2) is 24.3 Å². The minimum Gasteiger partial charge on any atom is -0.481 e. The number of rotatable bonds is 6. The number of carboxylic acid groups (broad SMARTS) is 1. The first kappa shape index (κ1) is 19.0. The van der Waals surface area contributed by atoms with E-state index in [9.17, 15) is 14.4 Å². The van der Waals surface area contributed by atoms with Crippen LogP contribution in [0.3, 0.4) is 0 Å². The average Bonchev–Trinajstić information content (AvgIpc) is 2.60. The maximum absolute atomic E-state index is 12.4. The summed E-state index contributed by atoms with van der Waals surface area (Å²) in [6.45, 7) is 5.04. The van der Waals surface area contributed by atoms with Crippen LogP contribution in [0.25, 0.3) is 0 Å². The molecular formula is C19H26N2O4. The first-order chi connectivity index (χ1) is 11.9. The van der Waals surface area contributed by atoms with Gasteiger partial charge in [-0.05, 0) is 37.0 Å². The fourth-order valence-corrected chi connectivity index (χ4v) is 2.98. The van der Waals surface area contributed by atoms with Gasteiger partial charge in [0.25, 0.3) is 0 Å². The van der Waals surface area contributed by atoms with E-state index >= 15 is 0 Å². The minimum absolute atomic E-state index is 0.00924. The molecule has 0 bridgehead atoms. The molecule has 2 rings (SSSR count). The molecule has 1 aliphatic rings. The summed E-state index contributed by atoms with van der Waals surface area (Å²) in [6.07, 6.45) is 1.94. The Bertz CT molecular complexity index is 617. The summed E-state index contributed by atoms with van der Waals surface area (Å²) in [5.74, 6) is -0.779. The number of amides is 2. The van der Waals surface area contributed by atoms with Crippen LogP contribution in [0, 0.1) is 11.8 Å². The lowest BCUT2D eigenvalue weighted by Gasteiger charge is -2.32. The molecule has 1 aromatic rings. The standard InChI is InChI=1S/C19H26N2O4/c1-13(2)19(25)21-11-9-15(10-12-21)18(24)20-16-6-3-14(4-7-16)5-8-17(22)23/h3-4,6-7,13,15H,5,8-12H2,1-2H3,(H,20,24)(H,22,23). The normalized spacial score (nSPS) is 15.2. The van der Waals surface area contributed by atoms with Crippen molar-refractivity contribution in [3.8, 4) is 0 Å². The van der Waals surface area contributed by atoms with Gasteiger partial charge < -0.3 is 15.3 Å². The zero-order valence-electron chi connectivity index (χ0n) is 14.8. The minimum atomic E-state index is -0.820. The maximum atomic E-state index is 12.4. The van der Waals surface area contributed by atoms with Crippen molar-refractivity contribution in [2.45, 2.75) is 39.5 Å². The van der Waals surface area contributed by atoms with Crippen LogP contribution in [-0.4, -0.2) is 40.9 Å². The van der Waals surface area contributed by atoms with Gasteiger partial charge >= 0.3 is 5.97 Å². The van der Waals surface area contributed by atoms with Gasteiger partial charge in [-0.15, -0.1) is 0 Å². The van der Waals surface area contributed by atoms with Crippen molar-refractivity contribution in [1.29, 1.82) is 0 Å². The van der Waals surface area contributed by atoms with Crippen LogP contribution >= 0.6 is 0 Å². The number of likely N-dealkylation sites (tertiary alicyclic amines) is 1. The van der Waals surface area contributed by atoms with Gasteiger partial charge in [-0.25, -0.2) is 0 Å². The highest BCUT2D eigenvalue weighted by atomic mass is 16.4. The van der Waals surface area contributed by atoms with E-state index in [2.05, 4.69) is 5.32 Å². The second-order valence-electron chi connectivity index (χ2n) is 6.83. The Hall–Kier alpha value is -2.37. The summed E-state index contributed by atoms with van der Waals surface area (Å²) < 4.78 is 0. The number of carbonyl (C=O) groups excluding carboxylic acids is 2. The van der Waals surface area contributed by atoms with Gasteiger partial charge in [-0.2, -0.15) is 0 Å². The molecule has 0 aliphatic carbocycles. The van der Waals surface area contributed by atoms with Crippen molar-refractivity contribution >= 4 is 23.5 Å². The van der Waals surface area contributed by atoms with Gasteiger partial charge in [0, 0.05) is 37.0 Å². The van der Waals surface area contributed by atoms with Crippen molar-refractivity contribution in [2.75, 3.05) is 18.4 Å². The van der Waals surface area contributed by atoms with Gasteiger partial charge in [0.05, 0.1) is 0 Å². The molecule has 6 heteroatoms. The van der Waals surface area contributed by atoms with E-state index < -0.39 is 5.97 Å². The number of piperidine rings is 1. The van der Waals surface area contributed by atoms with E-state index in [1.807, 2.05) is 30.9 Å². The van der Waals surface area contributed by atoms with E-state index in [4.69, 9.17) is 5.11 Å². The molecule has 136 valence electrons. The summed E-state index contributed by atoms with van der Waals surface area (Å²) in [4.78, 5) is 36.8. The van der Waals surface area contributed by atoms with Gasteiger partial charge in [0.2, 0.25) is 11.8 Å². The predicted octanol–water partition coefficient (Wildman–Crippen LogP) is 2.54. The van der Waals surface area contributed by atoms with Crippen LogP contribution in [0.5, 0.6) is 0 Å². The van der Waals surface area contributed by atoms with E-state index in [1.54, 1.807) is 12.1 Å². The highest BCUT2D eigenvalue weighted by molar-refractivity contribution is 5.92. The Morgan fingerprint density at radius 1 is 1.16 bits per heavy atom. The molecule has 2 amide bonds. The van der Waals surface area contributed by atoms with E-state index in [1.165, 1.54) is 0 Å². The Morgan fingerprint density at radius 2 is 1.76 bits per heavy atom. The third-order valence-corrected chi connectivity index (χ3v) is 4.52. The number of hydrogen-bond acceptors (Lipinski definition) is 3. The highest BCUT2D eigenvalue weighted by Gasteiger charge is 2.28. The number of nitrogens with zero attached hydrogens (tertiary/aromatic N) is 1. The number of hydrogen-bond donors (Lipinski definition) is 2. The molecule has 0 saturated carbocycles. The molecule has 0 spiro atoms. The van der Waals surface area contributed by atoms with Crippen LogP contribution in [-0.2, 0) is 20.8 Å². The number of nitrogens with one attached hydrogen (secondary N) is 1. The molecule has 6 nitrogen and oxygen atoms in total. The Morgan fingerprint density at radius 3 is 2.28 bits per heavy atom. The molecule has 1 aromatic carbocycles. The lowest BCUT2D eigenvalue weighted by atomic mass is 9.95. The van der Waals surface area contributed by atoms with Crippen molar-refractivity contribution in [3.63, 3.8) is 0 Å². The van der Waals surface area contributed by atoms with E-state index in [0.717, 1.165) is 5.56 Å². The largest absolute Gasteiger partial charge is 0.481 e. The Kier molecular flexibility index (Phi) is 6.56. The van der Waals surface area contributed by atoms with Gasteiger partial charge in [0.15, 0.2) is 0 Å². The number of benzene rings is 1. The van der Waals surface area contributed by atoms with Crippen molar-refractivity contribution in [3.05, 3.63) is 29.8 Å². The number of aliphatic carboxylic acids is 1. The van der Waals surface area contributed by atoms with Gasteiger partial charge in [0.1, 0.15) is 0 Å². The average molecular weight is 346 g/mol. The van der Waals surface area contributed by atoms with Crippen LogP contribution < -0.4 is 5.32 Å². The molecule has 0 unspecified atom stereocenters. The zero-order chi connectivity index (χ0) is 18.4. The number of anilines is 1. The lowest BCUT2D eigenvalue weighted by molar-refractivity contribution is -0.137. The highest BCUT2D eigenvalue weighted by Crippen LogP contribution is 2.21. The summed E-state index contributed by atoms with van der Waals surface area (Å²) >= 11 is 0. The van der Waals surface area contributed by atoms with Crippen molar-refractivity contribution < 1.29 is 19.5 Å². The molecule has 1 fully saturated rings. The number of carboxylic acids is 1. The zero-order valence-corrected chi connectivity index (χ0v) is 14.8. The van der Waals surface area contributed by atoms with E-state index in [-0.39, 0.29) is 30.1 Å². The Balaban J connectivity index is 1.82. The van der Waals surface area contributed by atoms with Gasteiger partial charge in [-0.3, -0.25) is 14.4 Å². The Labute approximate surface area is 148 Å². The topological polar surface area (TPSA) is 86.7 Å². The molecule has 1 saturated heterocycles. The summed E-state index contributed by atoms with van der Waals surface area (Å²) in [5.41, 5.74) is 1.64. The second kappa shape index (κ2) is 8.65. The monoisotopic (exact) mass is 346 g/mol. The molecule has 1 heterocycles. The third-order valence-electron chi connectivity index (χ3n) is 4.52. The third kappa shape index (κ3) is 5.59. The molecule has 2 N–H and O–H groups in total. The smallest absolute Gasteiger partial charge is 0.303 e. The molecule has 0 atom stereocenters. The van der Waals surface area contributed by atoms with Crippen LogP contribution in [0.4, 0.5) is 5.69 Å². The van der Waals surface area contributed by atoms with Crippen LogP contribution in [0.2, 0.25) is 0 Å². The quantitative estimate of drug-likeness (QED) is 0.829. The van der Waals surface area contributed by atoms with E-state index in [0.29, 0.717) is 38.0 Å². The summed E-state index contributed by atoms with van der Waals surface area (Å²) in [7, 11) is 0. The lowest BCUT2D eigenvalue weighted by Crippen LogP contribution is -2.43. The molecule has 25 heavy (non-hydrogen) atoms.